The largest absolute Gasteiger partial charge is 0.478 e. The molecule has 0 saturated carbocycles. The summed E-state index contributed by atoms with van der Waals surface area (Å²) >= 11 is 0. The number of fused-ring (bicyclic) bond motifs is 1. The summed E-state index contributed by atoms with van der Waals surface area (Å²) in [5, 5.41) is 13.0. The molecule has 146 valence electrons. The number of esters is 1. The number of dihydropyridines is 1. The highest BCUT2D eigenvalue weighted by Gasteiger charge is 2.39. The normalized spacial score (nSPS) is 17.1. The van der Waals surface area contributed by atoms with Gasteiger partial charge in [-0.05, 0) is 56.9 Å². The molecule has 0 spiro atoms. The van der Waals surface area contributed by atoms with E-state index < -0.39 is 17.9 Å². The molecule has 1 aliphatic heterocycles. The Morgan fingerprint density at radius 3 is 2.21 bits per heavy atom. The van der Waals surface area contributed by atoms with Crippen LogP contribution in [0.15, 0.2) is 58.9 Å². The van der Waals surface area contributed by atoms with Crippen LogP contribution in [0.3, 0.4) is 0 Å². The Kier molecular flexibility index (Phi) is 5.27. The Morgan fingerprint density at radius 1 is 1.00 bits per heavy atom. The lowest BCUT2D eigenvalue weighted by Crippen LogP contribution is -2.32. The minimum atomic E-state index is -1.05. The molecular weight excluding hydrogens is 354 g/mol. The van der Waals surface area contributed by atoms with E-state index in [1.807, 2.05) is 43.3 Å². The molecule has 2 aliphatic carbocycles. The van der Waals surface area contributed by atoms with Crippen LogP contribution >= 0.6 is 0 Å². The Hall–Kier alpha value is -3.08. The molecule has 3 aliphatic rings. The van der Waals surface area contributed by atoms with Crippen LogP contribution in [0.1, 0.15) is 44.7 Å². The van der Waals surface area contributed by atoms with Crippen LogP contribution < -0.4 is 5.32 Å². The second kappa shape index (κ2) is 7.50. The predicted octanol–water partition coefficient (Wildman–Crippen LogP) is 4.37. The van der Waals surface area contributed by atoms with Gasteiger partial charge in [0, 0.05) is 11.4 Å². The molecule has 2 N–H and O–H groups in total. The van der Waals surface area contributed by atoms with Crippen LogP contribution in [0, 0.1) is 6.92 Å². The summed E-state index contributed by atoms with van der Waals surface area (Å²) in [7, 11) is 0. The molecule has 28 heavy (non-hydrogen) atoms. The third-order valence-electron chi connectivity index (χ3n) is 5.01. The molecule has 1 unspecified atom stereocenters. The van der Waals surface area contributed by atoms with Gasteiger partial charge in [0.2, 0.25) is 0 Å². The number of ether oxygens (including phenoxy) is 1. The first-order valence-corrected chi connectivity index (χ1v) is 9.33. The molecule has 0 amide bonds. The van der Waals surface area contributed by atoms with Gasteiger partial charge in [-0.15, -0.1) is 0 Å². The first-order valence-electron chi connectivity index (χ1n) is 9.33. The molecular formula is C23H25NO4. The van der Waals surface area contributed by atoms with Crippen LogP contribution in [-0.2, 0) is 14.3 Å². The van der Waals surface area contributed by atoms with Gasteiger partial charge < -0.3 is 15.2 Å². The first-order chi connectivity index (χ1) is 13.2. The van der Waals surface area contributed by atoms with E-state index in [0.717, 1.165) is 22.3 Å². The average molecular weight is 379 g/mol. The Bertz CT molecular complexity index is 984. The predicted molar refractivity (Wildman–Crippen MR) is 108 cm³/mol. The van der Waals surface area contributed by atoms with Crippen molar-refractivity contribution in [1.82, 2.24) is 5.32 Å². The minimum absolute atomic E-state index is 0.166. The third kappa shape index (κ3) is 3.40. The lowest BCUT2D eigenvalue weighted by Gasteiger charge is -2.30. The molecule has 0 saturated heterocycles. The van der Waals surface area contributed by atoms with Crippen molar-refractivity contribution in [3.8, 4) is 11.1 Å². The van der Waals surface area contributed by atoms with E-state index in [0.29, 0.717) is 17.0 Å². The number of rotatable bonds is 4. The number of allylic oxidation sites excluding steroid dienone is 2. The number of hydrogen-bond acceptors (Lipinski definition) is 4. The van der Waals surface area contributed by atoms with Crippen molar-refractivity contribution in [3.05, 3.63) is 70.1 Å². The van der Waals surface area contributed by atoms with Gasteiger partial charge in [0.05, 0.1) is 23.2 Å². The standard InChI is InChI=1S/C23H25NO4/c1-12(2)28-23(27)20-15(5)24-14(4)19(22(25)26)21(20)18-11-13(3)16-9-7-6-8-10-17(16)18/h6-12,21,24H,1-5H3,(H,25,26). The Morgan fingerprint density at radius 2 is 1.61 bits per heavy atom. The van der Waals surface area contributed by atoms with Crippen molar-refractivity contribution >= 4 is 11.9 Å². The fourth-order valence-corrected chi connectivity index (χ4v) is 3.91. The molecule has 1 atom stereocenters. The molecule has 0 aromatic rings. The van der Waals surface area contributed by atoms with E-state index in [1.165, 1.54) is 0 Å². The number of carbonyl (C=O) groups is 2. The highest BCUT2D eigenvalue weighted by molar-refractivity contribution is 6.00. The zero-order chi connectivity index (χ0) is 20.6. The van der Waals surface area contributed by atoms with Crippen molar-refractivity contribution in [3.63, 3.8) is 0 Å². The number of carboxylic acids is 1. The molecule has 0 aromatic heterocycles. The summed E-state index contributed by atoms with van der Waals surface area (Å²) in [6.07, 6.45) is -0.301. The maximum atomic E-state index is 12.9. The molecule has 5 heteroatoms. The van der Waals surface area contributed by atoms with E-state index in [4.69, 9.17) is 4.74 Å². The lowest BCUT2D eigenvalue weighted by atomic mass is 9.79. The van der Waals surface area contributed by atoms with E-state index in [-0.39, 0.29) is 11.7 Å². The van der Waals surface area contributed by atoms with E-state index in [1.54, 1.807) is 27.7 Å². The average Bonchev–Trinajstić information content (AvgIpc) is 2.76. The van der Waals surface area contributed by atoms with Gasteiger partial charge in [-0.3, -0.25) is 0 Å². The van der Waals surface area contributed by atoms with Gasteiger partial charge in [0.25, 0.3) is 0 Å². The second-order valence-electron chi connectivity index (χ2n) is 7.42. The minimum Gasteiger partial charge on any atom is -0.478 e. The van der Waals surface area contributed by atoms with Gasteiger partial charge in [0.1, 0.15) is 0 Å². The maximum Gasteiger partial charge on any atom is 0.337 e. The molecule has 0 fully saturated rings. The smallest absolute Gasteiger partial charge is 0.337 e. The Balaban J connectivity index is 2.28. The summed E-state index contributed by atoms with van der Waals surface area (Å²) in [6.45, 7) is 9.06. The molecule has 0 aromatic carbocycles. The molecule has 3 rings (SSSR count). The summed E-state index contributed by atoms with van der Waals surface area (Å²) in [5.74, 6) is -2.25. The molecule has 0 radical (unpaired) electrons. The van der Waals surface area contributed by atoms with Crippen molar-refractivity contribution in [2.75, 3.05) is 0 Å². The highest BCUT2D eigenvalue weighted by atomic mass is 16.5. The summed E-state index contributed by atoms with van der Waals surface area (Å²) < 4.78 is 5.46. The number of carbonyl (C=O) groups excluding carboxylic acids is 1. The summed E-state index contributed by atoms with van der Waals surface area (Å²) in [4.78, 5) is 25.1. The Labute approximate surface area is 165 Å². The molecule has 1 heterocycles. The van der Waals surface area contributed by atoms with E-state index in [9.17, 15) is 14.7 Å². The quantitative estimate of drug-likeness (QED) is 0.772. The van der Waals surface area contributed by atoms with Gasteiger partial charge in [-0.2, -0.15) is 0 Å². The third-order valence-corrected chi connectivity index (χ3v) is 5.01. The van der Waals surface area contributed by atoms with Gasteiger partial charge in [0.15, 0.2) is 0 Å². The van der Waals surface area contributed by atoms with Crippen molar-refractivity contribution < 1.29 is 19.4 Å². The van der Waals surface area contributed by atoms with Gasteiger partial charge in [-0.1, -0.05) is 36.4 Å². The van der Waals surface area contributed by atoms with Crippen LogP contribution in [0.5, 0.6) is 0 Å². The highest BCUT2D eigenvalue weighted by Crippen LogP contribution is 2.45. The van der Waals surface area contributed by atoms with Crippen LogP contribution in [-0.4, -0.2) is 23.1 Å². The van der Waals surface area contributed by atoms with Gasteiger partial charge >= 0.3 is 11.9 Å². The van der Waals surface area contributed by atoms with E-state index >= 15 is 0 Å². The number of carboxylic acid groups (broad SMARTS) is 1. The van der Waals surface area contributed by atoms with Crippen LogP contribution in [0.2, 0.25) is 0 Å². The molecule has 5 nitrogen and oxygen atoms in total. The topological polar surface area (TPSA) is 75.6 Å². The second-order valence-corrected chi connectivity index (χ2v) is 7.42. The number of aliphatic carboxylic acids is 1. The first kappa shape index (κ1) is 19.7. The number of hydrogen-bond donors (Lipinski definition) is 2. The maximum absolute atomic E-state index is 12.9. The lowest BCUT2D eigenvalue weighted by molar-refractivity contribution is -0.143. The summed E-state index contributed by atoms with van der Waals surface area (Å²) in [6, 6.07) is 11.8. The SMILES string of the molecule is CC1=C(C(=O)O)C(c2cc(C)c3cccccc2-3)C(C(=O)OC(C)C)=C(C)N1. The zero-order valence-corrected chi connectivity index (χ0v) is 16.8. The monoisotopic (exact) mass is 379 g/mol. The van der Waals surface area contributed by atoms with E-state index in [2.05, 4.69) is 5.32 Å². The zero-order valence-electron chi connectivity index (χ0n) is 16.8. The van der Waals surface area contributed by atoms with Crippen molar-refractivity contribution in [2.24, 2.45) is 0 Å². The van der Waals surface area contributed by atoms with Crippen LogP contribution in [0.4, 0.5) is 0 Å². The van der Waals surface area contributed by atoms with Gasteiger partial charge in [-0.25, -0.2) is 9.59 Å². The van der Waals surface area contributed by atoms with Crippen molar-refractivity contribution in [1.29, 1.82) is 0 Å². The van der Waals surface area contributed by atoms with Crippen molar-refractivity contribution in [2.45, 2.75) is 46.6 Å². The summed E-state index contributed by atoms with van der Waals surface area (Å²) in [5.41, 5.74) is 5.47. The molecule has 0 bridgehead atoms. The number of aryl methyl sites for hydroxylation is 1. The van der Waals surface area contributed by atoms with Crippen LogP contribution in [0.25, 0.3) is 11.1 Å². The number of nitrogens with one attached hydrogen (secondary N) is 1. The fourth-order valence-electron chi connectivity index (χ4n) is 3.91. The fraction of sp³-hybridized carbons (Fsp3) is 0.304.